The zero-order valence-corrected chi connectivity index (χ0v) is 11.3. The highest BCUT2D eigenvalue weighted by Gasteiger charge is 2.44. The van der Waals surface area contributed by atoms with E-state index in [0.717, 1.165) is 9.78 Å². The summed E-state index contributed by atoms with van der Waals surface area (Å²) in [5, 5.41) is 0. The Morgan fingerprint density at radius 3 is 2.26 bits per heavy atom. The molecule has 1 aliphatic rings. The summed E-state index contributed by atoms with van der Waals surface area (Å²) in [6.07, 6.45) is 0. The molecule has 1 aliphatic heterocycles. The quantitative estimate of drug-likeness (QED) is 0.469. The molecule has 100 valence electrons. The van der Waals surface area contributed by atoms with Crippen molar-refractivity contribution in [1.82, 2.24) is 9.80 Å². The summed E-state index contributed by atoms with van der Waals surface area (Å²) in [7, 11) is 0. The van der Waals surface area contributed by atoms with Crippen LogP contribution in [0.2, 0.25) is 0 Å². The summed E-state index contributed by atoms with van der Waals surface area (Å²) in [5.41, 5.74) is 0. The molecule has 0 radical (unpaired) electrons. The monoisotopic (exact) mass is 280 g/mol. The number of imide groups is 2. The van der Waals surface area contributed by atoms with Gasteiger partial charge in [0.2, 0.25) is 0 Å². The lowest BCUT2D eigenvalue weighted by Crippen LogP contribution is -2.36. The molecule has 0 N–H and O–H groups in total. The van der Waals surface area contributed by atoms with Crippen LogP contribution in [-0.2, 0) is 9.59 Å². The minimum Gasteiger partial charge on any atom is -0.291 e. The smallest absolute Gasteiger partial charge is 0.291 e. The fourth-order valence-electron chi connectivity index (χ4n) is 1.77. The van der Waals surface area contributed by atoms with Gasteiger partial charge in [0.05, 0.1) is 11.4 Å². The van der Waals surface area contributed by atoms with E-state index in [-0.39, 0.29) is 18.9 Å². The Morgan fingerprint density at radius 2 is 1.79 bits per heavy atom. The fraction of sp³-hybridized carbons (Fsp3) is 0.333. The minimum absolute atomic E-state index is 0.117. The van der Waals surface area contributed by atoms with Gasteiger partial charge in [-0.2, -0.15) is 0 Å². The largest absolute Gasteiger partial charge is 0.334 e. The number of aryl methyl sites for hydroxylation is 1. The maximum Gasteiger partial charge on any atom is 0.334 e. The number of hydrogen-bond donors (Lipinski definition) is 0. The summed E-state index contributed by atoms with van der Waals surface area (Å²) < 4.78 is 0. The number of ketones is 1. The van der Waals surface area contributed by atoms with E-state index in [2.05, 4.69) is 0 Å². The second-order valence-corrected chi connectivity index (χ2v) is 5.34. The Bertz CT molecular complexity index is 578. The maximum absolute atomic E-state index is 11.9. The zero-order valence-electron chi connectivity index (χ0n) is 10.5. The van der Waals surface area contributed by atoms with Gasteiger partial charge < -0.3 is 0 Å². The van der Waals surface area contributed by atoms with Crippen LogP contribution in [0.15, 0.2) is 12.1 Å². The first-order valence-corrected chi connectivity index (χ1v) is 6.54. The molecule has 0 bridgehead atoms. The van der Waals surface area contributed by atoms with Crippen LogP contribution in [-0.4, -0.2) is 46.5 Å². The summed E-state index contributed by atoms with van der Waals surface area (Å²) in [5.74, 6) is -2.15. The van der Waals surface area contributed by atoms with Crippen molar-refractivity contribution in [2.24, 2.45) is 0 Å². The second-order valence-electron chi connectivity index (χ2n) is 4.06. The van der Waals surface area contributed by atoms with E-state index in [1.165, 1.54) is 11.3 Å². The molecule has 0 aromatic carbocycles. The van der Waals surface area contributed by atoms with Crippen LogP contribution >= 0.6 is 11.3 Å². The Hall–Kier alpha value is -2.02. The number of rotatable bonds is 4. The molecule has 0 atom stereocenters. The van der Waals surface area contributed by atoms with Crippen LogP contribution in [0.4, 0.5) is 4.79 Å². The predicted molar refractivity (Wildman–Crippen MR) is 67.9 cm³/mol. The zero-order chi connectivity index (χ0) is 14.2. The highest BCUT2D eigenvalue weighted by Crippen LogP contribution is 2.18. The molecule has 1 aromatic heterocycles. The van der Waals surface area contributed by atoms with Crippen molar-refractivity contribution in [2.45, 2.75) is 13.8 Å². The van der Waals surface area contributed by atoms with E-state index in [4.69, 9.17) is 0 Å². The molecule has 4 amide bonds. The first kappa shape index (κ1) is 13.4. The average Bonchev–Trinajstić information content (AvgIpc) is 2.88. The molecular weight excluding hydrogens is 268 g/mol. The molecule has 1 saturated heterocycles. The third-order valence-electron chi connectivity index (χ3n) is 2.77. The first-order valence-electron chi connectivity index (χ1n) is 5.72. The number of hydrogen-bond acceptors (Lipinski definition) is 5. The van der Waals surface area contributed by atoms with Crippen molar-refractivity contribution in [1.29, 1.82) is 0 Å². The second kappa shape index (κ2) is 4.93. The van der Waals surface area contributed by atoms with Gasteiger partial charge in [-0.25, -0.2) is 9.69 Å². The van der Waals surface area contributed by atoms with E-state index in [1.54, 1.807) is 19.1 Å². The van der Waals surface area contributed by atoms with Gasteiger partial charge in [-0.1, -0.05) is 0 Å². The molecule has 1 aromatic rings. The number of urea groups is 1. The lowest BCUT2D eigenvalue weighted by molar-refractivity contribution is -0.143. The van der Waals surface area contributed by atoms with Crippen molar-refractivity contribution in [3.8, 4) is 0 Å². The lowest BCUT2D eigenvalue weighted by Gasteiger charge is -2.12. The van der Waals surface area contributed by atoms with Crippen LogP contribution in [0, 0.1) is 6.92 Å². The van der Waals surface area contributed by atoms with Crippen LogP contribution in [0.5, 0.6) is 0 Å². The van der Waals surface area contributed by atoms with Gasteiger partial charge in [-0.05, 0) is 26.0 Å². The number of carbonyl (C=O) groups excluding carboxylic acids is 4. The highest BCUT2D eigenvalue weighted by molar-refractivity contribution is 7.14. The van der Waals surface area contributed by atoms with Crippen molar-refractivity contribution < 1.29 is 19.2 Å². The van der Waals surface area contributed by atoms with Crippen LogP contribution in [0.3, 0.4) is 0 Å². The third-order valence-corrected chi connectivity index (χ3v) is 3.81. The van der Waals surface area contributed by atoms with Crippen molar-refractivity contribution in [3.63, 3.8) is 0 Å². The summed E-state index contributed by atoms with van der Waals surface area (Å²) in [4.78, 5) is 49.8. The standard InChI is InChI=1S/C12H12N2O4S/c1-3-13-10(16)11(17)14(12(13)18)6-8(15)9-5-4-7(2)19-9/h4-5H,3,6H2,1-2H3. The number of likely N-dealkylation sites (N-methyl/N-ethyl adjacent to an activating group) is 1. The van der Waals surface area contributed by atoms with Crippen molar-refractivity contribution in [2.75, 3.05) is 13.1 Å². The first-order chi connectivity index (χ1) is 8.95. The number of Topliss-reactive ketones (excluding diaryl/α,β-unsaturated/α-hetero) is 1. The Morgan fingerprint density at radius 1 is 1.16 bits per heavy atom. The van der Waals surface area contributed by atoms with Gasteiger partial charge in [0.15, 0.2) is 5.78 Å². The molecule has 6 nitrogen and oxygen atoms in total. The molecule has 0 saturated carbocycles. The molecule has 0 unspecified atom stereocenters. The third kappa shape index (κ3) is 2.28. The van der Waals surface area contributed by atoms with E-state index >= 15 is 0 Å². The predicted octanol–water partition coefficient (Wildman–Crippen LogP) is 1.05. The Balaban J connectivity index is 2.15. The summed E-state index contributed by atoms with van der Waals surface area (Å²) in [6, 6.07) is 2.71. The molecular formula is C12H12N2O4S. The van der Waals surface area contributed by atoms with E-state index in [1.807, 2.05) is 6.92 Å². The molecule has 0 spiro atoms. The van der Waals surface area contributed by atoms with E-state index in [0.29, 0.717) is 9.78 Å². The van der Waals surface area contributed by atoms with Crippen LogP contribution < -0.4 is 0 Å². The van der Waals surface area contributed by atoms with Gasteiger partial charge in [-0.3, -0.25) is 19.3 Å². The summed E-state index contributed by atoms with van der Waals surface area (Å²) >= 11 is 1.29. The number of thiophene rings is 1. The SMILES string of the molecule is CCN1C(=O)C(=O)N(CC(=O)c2ccc(C)s2)C1=O. The molecule has 19 heavy (non-hydrogen) atoms. The molecule has 1 fully saturated rings. The molecule has 7 heteroatoms. The van der Waals surface area contributed by atoms with Gasteiger partial charge in [0, 0.05) is 11.4 Å². The number of amides is 4. The average molecular weight is 280 g/mol. The van der Waals surface area contributed by atoms with Gasteiger partial charge >= 0.3 is 17.8 Å². The Kier molecular flexibility index (Phi) is 3.48. The van der Waals surface area contributed by atoms with Gasteiger partial charge in [-0.15, -0.1) is 11.3 Å². The normalized spacial score (nSPS) is 15.6. The van der Waals surface area contributed by atoms with E-state index < -0.39 is 17.8 Å². The number of nitrogens with zero attached hydrogens (tertiary/aromatic N) is 2. The molecule has 2 heterocycles. The molecule has 2 rings (SSSR count). The van der Waals surface area contributed by atoms with Gasteiger partial charge in [0.1, 0.15) is 0 Å². The van der Waals surface area contributed by atoms with Crippen LogP contribution in [0.1, 0.15) is 21.5 Å². The van der Waals surface area contributed by atoms with E-state index in [9.17, 15) is 19.2 Å². The van der Waals surface area contributed by atoms with Gasteiger partial charge in [0.25, 0.3) is 0 Å². The summed E-state index contributed by atoms with van der Waals surface area (Å²) in [6.45, 7) is 3.18. The van der Waals surface area contributed by atoms with Crippen molar-refractivity contribution >= 4 is 35.0 Å². The topological polar surface area (TPSA) is 74.8 Å². The molecule has 0 aliphatic carbocycles. The van der Waals surface area contributed by atoms with Crippen molar-refractivity contribution in [3.05, 3.63) is 21.9 Å². The highest BCUT2D eigenvalue weighted by atomic mass is 32.1. The number of carbonyl (C=O) groups is 4. The minimum atomic E-state index is -0.937. The lowest BCUT2D eigenvalue weighted by atomic mass is 10.3. The van der Waals surface area contributed by atoms with Crippen LogP contribution in [0.25, 0.3) is 0 Å². The fourth-order valence-corrected chi connectivity index (χ4v) is 2.57. The maximum atomic E-state index is 11.9. The Labute approximate surface area is 113 Å².